The molecule has 0 radical (unpaired) electrons. The van der Waals surface area contributed by atoms with Gasteiger partial charge in [-0.25, -0.2) is 0 Å². The first-order valence-corrected chi connectivity index (χ1v) is 6.66. The van der Waals surface area contributed by atoms with Crippen molar-refractivity contribution in [1.29, 1.82) is 0 Å². The van der Waals surface area contributed by atoms with E-state index < -0.39 is 0 Å². The summed E-state index contributed by atoms with van der Waals surface area (Å²) in [5, 5.41) is 3.45. The summed E-state index contributed by atoms with van der Waals surface area (Å²) < 4.78 is 5.60. The summed E-state index contributed by atoms with van der Waals surface area (Å²) in [6, 6.07) is 0. The molecule has 2 aliphatic rings. The predicted molar refractivity (Wildman–Crippen MR) is 69.9 cm³/mol. The van der Waals surface area contributed by atoms with Crippen LogP contribution >= 0.6 is 0 Å². The molecule has 2 saturated heterocycles. The second-order valence-corrected chi connectivity index (χ2v) is 5.47. The Labute approximate surface area is 108 Å². The van der Waals surface area contributed by atoms with Crippen molar-refractivity contribution in [3.8, 4) is 5.88 Å². The van der Waals surface area contributed by atoms with Crippen molar-refractivity contribution < 1.29 is 4.74 Å². The van der Waals surface area contributed by atoms with Crippen LogP contribution < -0.4 is 15.0 Å². The summed E-state index contributed by atoms with van der Waals surface area (Å²) in [7, 11) is 0. The van der Waals surface area contributed by atoms with Crippen LogP contribution in [-0.4, -0.2) is 42.3 Å². The number of nitrogens with zero attached hydrogens (tertiary/aromatic N) is 3. The second-order valence-electron chi connectivity index (χ2n) is 5.47. The zero-order chi connectivity index (χ0) is 12.5. The molecule has 0 bridgehead atoms. The van der Waals surface area contributed by atoms with Crippen LogP contribution in [0.3, 0.4) is 0 Å². The molecule has 18 heavy (non-hydrogen) atoms. The molecule has 2 aliphatic heterocycles. The lowest BCUT2D eigenvalue weighted by Crippen LogP contribution is -2.26. The van der Waals surface area contributed by atoms with Crippen molar-refractivity contribution in [2.24, 2.45) is 11.8 Å². The van der Waals surface area contributed by atoms with E-state index in [2.05, 4.69) is 20.2 Å². The largest absolute Gasteiger partial charge is 0.474 e. The highest BCUT2D eigenvalue weighted by Crippen LogP contribution is 2.29. The lowest BCUT2D eigenvalue weighted by molar-refractivity contribution is 0.231. The molecule has 0 amide bonds. The normalized spacial score (nSPS) is 26.7. The first kappa shape index (κ1) is 11.7. The molecule has 0 spiro atoms. The van der Waals surface area contributed by atoms with Crippen molar-refractivity contribution in [2.75, 3.05) is 31.1 Å². The number of aromatic nitrogens is 2. The fraction of sp³-hybridized carbons (Fsp3) is 0.692. The zero-order valence-corrected chi connectivity index (χ0v) is 11.0. The van der Waals surface area contributed by atoms with Gasteiger partial charge in [0.25, 0.3) is 0 Å². The third kappa shape index (κ3) is 2.27. The maximum Gasteiger partial charge on any atom is 0.234 e. The van der Waals surface area contributed by atoms with Crippen LogP contribution in [0.2, 0.25) is 0 Å². The highest BCUT2D eigenvalue weighted by Gasteiger charge is 2.36. The van der Waals surface area contributed by atoms with E-state index in [1.165, 1.54) is 0 Å². The van der Waals surface area contributed by atoms with E-state index in [4.69, 9.17) is 4.74 Å². The van der Waals surface area contributed by atoms with Crippen molar-refractivity contribution in [3.05, 3.63) is 12.4 Å². The third-order valence-electron chi connectivity index (χ3n) is 3.67. The molecular formula is C13H20N4O. The topological polar surface area (TPSA) is 50.3 Å². The number of anilines is 1. The van der Waals surface area contributed by atoms with Crippen LogP contribution in [0.1, 0.15) is 13.8 Å². The van der Waals surface area contributed by atoms with Crippen LogP contribution in [-0.2, 0) is 0 Å². The average molecular weight is 248 g/mol. The first-order valence-electron chi connectivity index (χ1n) is 6.66. The Bertz CT molecular complexity index is 411. The SMILES string of the molecule is CC(C)Oc1cncc(N2CC3CNCC3C2)n1. The quantitative estimate of drug-likeness (QED) is 0.862. The monoisotopic (exact) mass is 248 g/mol. The van der Waals surface area contributed by atoms with Crippen molar-refractivity contribution in [2.45, 2.75) is 20.0 Å². The van der Waals surface area contributed by atoms with Gasteiger partial charge >= 0.3 is 0 Å². The summed E-state index contributed by atoms with van der Waals surface area (Å²) in [6.07, 6.45) is 3.65. The number of hydrogen-bond donors (Lipinski definition) is 1. The van der Waals surface area contributed by atoms with Gasteiger partial charge in [0.1, 0.15) is 0 Å². The molecule has 0 aromatic carbocycles. The fourth-order valence-electron chi connectivity index (χ4n) is 2.83. The Balaban J connectivity index is 1.72. The smallest absolute Gasteiger partial charge is 0.234 e. The number of rotatable bonds is 3. The number of hydrogen-bond acceptors (Lipinski definition) is 5. The van der Waals surface area contributed by atoms with Crippen LogP contribution in [0.25, 0.3) is 0 Å². The lowest BCUT2D eigenvalue weighted by Gasteiger charge is -2.19. The van der Waals surface area contributed by atoms with Crippen LogP contribution in [0, 0.1) is 11.8 Å². The van der Waals surface area contributed by atoms with E-state index in [0.29, 0.717) is 5.88 Å². The molecule has 3 rings (SSSR count). The van der Waals surface area contributed by atoms with Gasteiger partial charge in [-0.05, 0) is 25.7 Å². The summed E-state index contributed by atoms with van der Waals surface area (Å²) in [4.78, 5) is 11.1. The molecular weight excluding hydrogens is 228 g/mol. The van der Waals surface area contributed by atoms with Crippen LogP contribution in [0.15, 0.2) is 12.4 Å². The molecule has 1 aromatic rings. The van der Waals surface area contributed by atoms with Gasteiger partial charge in [0.05, 0.1) is 18.5 Å². The van der Waals surface area contributed by atoms with Gasteiger partial charge < -0.3 is 15.0 Å². The molecule has 3 heterocycles. The lowest BCUT2D eigenvalue weighted by atomic mass is 10.0. The summed E-state index contributed by atoms with van der Waals surface area (Å²) >= 11 is 0. The van der Waals surface area contributed by atoms with E-state index in [-0.39, 0.29) is 6.10 Å². The third-order valence-corrected chi connectivity index (χ3v) is 3.67. The van der Waals surface area contributed by atoms with Gasteiger partial charge in [-0.15, -0.1) is 0 Å². The van der Waals surface area contributed by atoms with Crippen LogP contribution in [0.5, 0.6) is 5.88 Å². The van der Waals surface area contributed by atoms with E-state index in [9.17, 15) is 0 Å². The summed E-state index contributed by atoms with van der Waals surface area (Å²) in [5.74, 6) is 3.10. The van der Waals surface area contributed by atoms with Crippen molar-refractivity contribution in [3.63, 3.8) is 0 Å². The van der Waals surface area contributed by atoms with Gasteiger partial charge in [-0.3, -0.25) is 4.98 Å². The minimum atomic E-state index is 0.136. The molecule has 2 unspecified atom stereocenters. The van der Waals surface area contributed by atoms with Gasteiger partial charge in [0.15, 0.2) is 5.82 Å². The Morgan fingerprint density at radius 1 is 1.28 bits per heavy atom. The van der Waals surface area contributed by atoms with E-state index >= 15 is 0 Å². The Morgan fingerprint density at radius 3 is 2.67 bits per heavy atom. The highest BCUT2D eigenvalue weighted by atomic mass is 16.5. The molecule has 5 heteroatoms. The number of fused-ring (bicyclic) bond motifs is 1. The molecule has 0 saturated carbocycles. The Kier molecular flexibility index (Phi) is 3.07. The van der Waals surface area contributed by atoms with E-state index in [0.717, 1.165) is 43.8 Å². The van der Waals surface area contributed by atoms with Gasteiger partial charge in [0.2, 0.25) is 5.88 Å². The predicted octanol–water partition coefficient (Wildman–Crippen LogP) is 0.919. The maximum absolute atomic E-state index is 5.60. The molecule has 1 aromatic heterocycles. The maximum atomic E-state index is 5.60. The molecule has 98 valence electrons. The standard InChI is InChI=1S/C13H20N4O/c1-9(2)18-13-6-15-5-12(16-13)17-7-10-3-14-4-11(10)8-17/h5-6,9-11,14H,3-4,7-8H2,1-2H3. The van der Waals surface area contributed by atoms with Gasteiger partial charge in [0, 0.05) is 26.2 Å². The molecule has 5 nitrogen and oxygen atoms in total. The number of ether oxygens (including phenoxy) is 1. The highest BCUT2D eigenvalue weighted by molar-refractivity contribution is 5.39. The zero-order valence-electron chi connectivity index (χ0n) is 11.0. The molecule has 0 aliphatic carbocycles. The minimum absolute atomic E-state index is 0.136. The molecule has 2 atom stereocenters. The average Bonchev–Trinajstić information content (AvgIpc) is 2.88. The molecule has 2 fully saturated rings. The molecule has 1 N–H and O–H groups in total. The number of nitrogens with one attached hydrogen (secondary N) is 1. The van der Waals surface area contributed by atoms with Crippen LogP contribution in [0.4, 0.5) is 5.82 Å². The second kappa shape index (κ2) is 4.72. The minimum Gasteiger partial charge on any atom is -0.474 e. The Morgan fingerprint density at radius 2 is 2.00 bits per heavy atom. The van der Waals surface area contributed by atoms with Gasteiger partial charge in [-0.2, -0.15) is 4.98 Å². The van der Waals surface area contributed by atoms with Crippen molar-refractivity contribution in [1.82, 2.24) is 15.3 Å². The van der Waals surface area contributed by atoms with Crippen molar-refractivity contribution >= 4 is 5.82 Å². The summed E-state index contributed by atoms with van der Waals surface area (Å²) in [6.45, 7) is 8.43. The Hall–Kier alpha value is -1.36. The van der Waals surface area contributed by atoms with E-state index in [1.807, 2.05) is 20.0 Å². The summed E-state index contributed by atoms with van der Waals surface area (Å²) in [5.41, 5.74) is 0. The first-order chi connectivity index (χ1) is 8.72. The fourth-order valence-corrected chi connectivity index (χ4v) is 2.83. The van der Waals surface area contributed by atoms with E-state index in [1.54, 1.807) is 6.20 Å². The van der Waals surface area contributed by atoms with Gasteiger partial charge in [-0.1, -0.05) is 0 Å².